The van der Waals surface area contributed by atoms with Gasteiger partial charge in [0.05, 0.1) is 6.04 Å². The van der Waals surface area contributed by atoms with Crippen LogP contribution in [0.3, 0.4) is 0 Å². The topological polar surface area (TPSA) is 61.3 Å². The van der Waals surface area contributed by atoms with Gasteiger partial charge in [0.1, 0.15) is 23.8 Å². The van der Waals surface area contributed by atoms with Crippen LogP contribution in [-0.4, -0.2) is 34.8 Å². The van der Waals surface area contributed by atoms with Crippen molar-refractivity contribution in [3.05, 3.63) is 47.5 Å². The van der Waals surface area contributed by atoms with E-state index in [1.54, 1.807) is 12.4 Å². The number of aromatic nitrogens is 2. The molecule has 2 N–H and O–H groups in total. The van der Waals surface area contributed by atoms with Crippen molar-refractivity contribution >= 4 is 11.6 Å². The first kappa shape index (κ1) is 17.2. The Morgan fingerprint density at radius 3 is 3.00 bits per heavy atom. The lowest BCUT2D eigenvalue weighted by Crippen LogP contribution is -2.37. The predicted octanol–water partition coefficient (Wildman–Crippen LogP) is 3.31. The van der Waals surface area contributed by atoms with Gasteiger partial charge in [0.25, 0.3) is 0 Å². The first-order chi connectivity index (χ1) is 12.7. The Hall–Kier alpha value is -2.21. The van der Waals surface area contributed by atoms with Crippen molar-refractivity contribution < 1.29 is 9.50 Å². The van der Waals surface area contributed by atoms with Gasteiger partial charge in [0.15, 0.2) is 0 Å². The van der Waals surface area contributed by atoms with E-state index in [1.165, 1.54) is 11.6 Å². The predicted molar refractivity (Wildman–Crippen MR) is 99.8 cm³/mol. The van der Waals surface area contributed by atoms with E-state index in [2.05, 4.69) is 20.2 Å². The molecule has 2 atom stereocenters. The van der Waals surface area contributed by atoms with Gasteiger partial charge in [-0.25, -0.2) is 14.4 Å². The lowest BCUT2D eigenvalue weighted by molar-refractivity contribution is 0.208. The SMILES string of the molecule is OCC1CCCN(c2cc(NC3CCCc4ccc(F)cc43)ncn2)C1. The summed E-state index contributed by atoms with van der Waals surface area (Å²) in [6.45, 7) is 1.99. The van der Waals surface area contributed by atoms with Crippen LogP contribution >= 0.6 is 0 Å². The van der Waals surface area contributed by atoms with Crippen molar-refractivity contribution in [1.29, 1.82) is 0 Å². The summed E-state index contributed by atoms with van der Waals surface area (Å²) in [4.78, 5) is 11.0. The highest BCUT2D eigenvalue weighted by Crippen LogP contribution is 2.33. The van der Waals surface area contributed by atoms with E-state index in [4.69, 9.17) is 0 Å². The molecule has 4 rings (SSSR count). The molecule has 0 amide bonds. The average Bonchev–Trinajstić information content (AvgIpc) is 2.69. The lowest BCUT2D eigenvalue weighted by atomic mass is 9.87. The summed E-state index contributed by atoms with van der Waals surface area (Å²) < 4.78 is 13.7. The fourth-order valence-corrected chi connectivity index (χ4v) is 4.12. The smallest absolute Gasteiger partial charge is 0.134 e. The Labute approximate surface area is 153 Å². The molecule has 1 aromatic carbocycles. The first-order valence-corrected chi connectivity index (χ1v) is 9.45. The number of hydrogen-bond acceptors (Lipinski definition) is 5. The number of anilines is 2. The molecule has 138 valence electrons. The zero-order valence-electron chi connectivity index (χ0n) is 14.9. The quantitative estimate of drug-likeness (QED) is 0.880. The minimum Gasteiger partial charge on any atom is -0.396 e. The van der Waals surface area contributed by atoms with Gasteiger partial charge in [0.2, 0.25) is 0 Å². The van der Waals surface area contributed by atoms with Gasteiger partial charge in [-0.3, -0.25) is 0 Å². The first-order valence-electron chi connectivity index (χ1n) is 9.45. The number of aliphatic hydroxyl groups excluding tert-OH is 1. The third kappa shape index (κ3) is 3.65. The van der Waals surface area contributed by atoms with Crippen LogP contribution in [0.2, 0.25) is 0 Å². The van der Waals surface area contributed by atoms with Crippen molar-refractivity contribution in [3.63, 3.8) is 0 Å². The zero-order valence-corrected chi connectivity index (χ0v) is 14.9. The molecule has 6 heteroatoms. The molecule has 2 aliphatic rings. The van der Waals surface area contributed by atoms with Crippen molar-refractivity contribution in [3.8, 4) is 0 Å². The van der Waals surface area contributed by atoms with E-state index >= 15 is 0 Å². The van der Waals surface area contributed by atoms with Crippen LogP contribution < -0.4 is 10.2 Å². The monoisotopic (exact) mass is 356 g/mol. The summed E-state index contributed by atoms with van der Waals surface area (Å²) >= 11 is 0. The molecule has 26 heavy (non-hydrogen) atoms. The normalized spacial score (nSPS) is 22.8. The molecule has 0 bridgehead atoms. The Morgan fingerprint density at radius 2 is 2.12 bits per heavy atom. The molecule has 0 spiro atoms. The lowest BCUT2D eigenvalue weighted by Gasteiger charge is -2.33. The third-order valence-electron chi connectivity index (χ3n) is 5.50. The molecule has 2 heterocycles. The van der Waals surface area contributed by atoms with E-state index in [9.17, 15) is 9.50 Å². The number of hydrogen-bond donors (Lipinski definition) is 2. The summed E-state index contributed by atoms with van der Waals surface area (Å²) in [5, 5.41) is 12.9. The Bertz CT molecular complexity index is 769. The molecule has 1 aliphatic heterocycles. The Balaban J connectivity index is 1.52. The maximum atomic E-state index is 13.7. The summed E-state index contributed by atoms with van der Waals surface area (Å²) in [7, 11) is 0. The minimum absolute atomic E-state index is 0.0729. The number of benzene rings is 1. The number of fused-ring (bicyclic) bond motifs is 1. The highest BCUT2D eigenvalue weighted by molar-refractivity contribution is 5.50. The summed E-state index contributed by atoms with van der Waals surface area (Å²) in [5.41, 5.74) is 2.25. The second kappa shape index (κ2) is 7.58. The van der Waals surface area contributed by atoms with Crippen molar-refractivity contribution in [2.45, 2.75) is 38.1 Å². The van der Waals surface area contributed by atoms with Gasteiger partial charge in [-0.15, -0.1) is 0 Å². The van der Waals surface area contributed by atoms with Crippen LogP contribution in [0.15, 0.2) is 30.6 Å². The third-order valence-corrected chi connectivity index (χ3v) is 5.50. The van der Waals surface area contributed by atoms with Crippen LogP contribution in [0, 0.1) is 11.7 Å². The van der Waals surface area contributed by atoms with Crippen molar-refractivity contribution in [1.82, 2.24) is 9.97 Å². The molecule has 2 unspecified atom stereocenters. The number of rotatable bonds is 4. The fourth-order valence-electron chi connectivity index (χ4n) is 4.12. The van der Waals surface area contributed by atoms with Gasteiger partial charge < -0.3 is 15.3 Å². The van der Waals surface area contributed by atoms with E-state index < -0.39 is 0 Å². The highest BCUT2D eigenvalue weighted by Gasteiger charge is 2.23. The van der Waals surface area contributed by atoms with Gasteiger partial charge in [0, 0.05) is 25.8 Å². The second-order valence-corrected chi connectivity index (χ2v) is 7.33. The Morgan fingerprint density at radius 1 is 1.19 bits per heavy atom. The zero-order chi connectivity index (χ0) is 17.9. The summed E-state index contributed by atoms with van der Waals surface area (Å²) in [5.74, 6) is 1.77. The van der Waals surface area contributed by atoms with Crippen LogP contribution in [-0.2, 0) is 6.42 Å². The highest BCUT2D eigenvalue weighted by atomic mass is 19.1. The molecule has 1 fully saturated rings. The number of aliphatic hydroxyl groups is 1. The van der Waals surface area contributed by atoms with Crippen molar-refractivity contribution in [2.24, 2.45) is 5.92 Å². The van der Waals surface area contributed by atoms with Crippen LogP contribution in [0.1, 0.15) is 42.9 Å². The van der Waals surface area contributed by atoms with Gasteiger partial charge >= 0.3 is 0 Å². The van der Waals surface area contributed by atoms with E-state index in [-0.39, 0.29) is 18.5 Å². The number of nitrogens with one attached hydrogen (secondary N) is 1. The second-order valence-electron chi connectivity index (χ2n) is 7.33. The summed E-state index contributed by atoms with van der Waals surface area (Å²) in [6.07, 6.45) is 6.75. The van der Waals surface area contributed by atoms with Crippen LogP contribution in [0.4, 0.5) is 16.0 Å². The maximum absolute atomic E-state index is 13.7. The minimum atomic E-state index is -0.191. The maximum Gasteiger partial charge on any atom is 0.134 e. The average molecular weight is 356 g/mol. The largest absolute Gasteiger partial charge is 0.396 e. The molecule has 5 nitrogen and oxygen atoms in total. The molecule has 1 saturated heterocycles. The molecule has 2 aromatic rings. The van der Waals surface area contributed by atoms with E-state index in [1.807, 2.05) is 12.1 Å². The van der Waals surface area contributed by atoms with E-state index in [0.29, 0.717) is 5.92 Å². The van der Waals surface area contributed by atoms with E-state index in [0.717, 1.165) is 62.4 Å². The van der Waals surface area contributed by atoms with Gasteiger partial charge in [-0.1, -0.05) is 6.07 Å². The standard InChI is InChI=1S/C20H25FN4O/c21-16-7-6-15-4-1-5-18(17(15)9-16)24-19-10-20(23-13-22-19)25-8-2-3-14(11-25)12-26/h6-7,9-10,13-14,18,26H,1-5,8,11-12H2,(H,22,23,24). The van der Waals surface area contributed by atoms with Gasteiger partial charge in [-0.05, 0) is 61.3 Å². The molecule has 1 aromatic heterocycles. The number of nitrogens with zero attached hydrogens (tertiary/aromatic N) is 3. The Kier molecular flexibility index (Phi) is 5.02. The number of piperidine rings is 1. The molecule has 0 saturated carbocycles. The van der Waals surface area contributed by atoms with Crippen LogP contribution in [0.5, 0.6) is 0 Å². The summed E-state index contributed by atoms with van der Waals surface area (Å²) in [6, 6.07) is 7.12. The fraction of sp³-hybridized carbons (Fsp3) is 0.500. The molecular weight excluding hydrogens is 331 g/mol. The molecule has 1 aliphatic carbocycles. The van der Waals surface area contributed by atoms with Crippen molar-refractivity contribution in [2.75, 3.05) is 29.9 Å². The molecule has 0 radical (unpaired) electrons. The number of halogens is 1. The molecular formula is C20H25FN4O. The van der Waals surface area contributed by atoms with Gasteiger partial charge in [-0.2, -0.15) is 0 Å². The number of aryl methyl sites for hydroxylation is 1. The van der Waals surface area contributed by atoms with Crippen LogP contribution in [0.25, 0.3) is 0 Å².